The molecule has 106 valence electrons. The molecular weight excluding hydrogens is 266 g/mol. The molecule has 2 aromatic carbocycles. The van der Waals surface area contributed by atoms with E-state index in [1.54, 1.807) is 0 Å². The van der Waals surface area contributed by atoms with E-state index in [9.17, 15) is 4.79 Å². The standard InChI is InChI=1S/C16H15N3O2/c1-9-8-17-13-7-3-5-11(15(13)21-9)10-4-2-6-12-14(10)19-16(20)18-12/h2-7,9,17H,8H2,1H3,(H2,18,19,20). The molecule has 1 atom stereocenters. The quantitative estimate of drug-likeness (QED) is 0.642. The molecular formula is C16H15N3O2. The van der Waals surface area contributed by atoms with Crippen molar-refractivity contribution < 1.29 is 4.74 Å². The van der Waals surface area contributed by atoms with Gasteiger partial charge in [-0.2, -0.15) is 0 Å². The van der Waals surface area contributed by atoms with E-state index in [4.69, 9.17) is 4.74 Å². The van der Waals surface area contributed by atoms with E-state index < -0.39 is 0 Å². The fraction of sp³-hybridized carbons (Fsp3) is 0.188. The van der Waals surface area contributed by atoms with Gasteiger partial charge in [0.2, 0.25) is 0 Å². The number of aromatic amines is 2. The first kappa shape index (κ1) is 12.1. The van der Waals surface area contributed by atoms with Gasteiger partial charge < -0.3 is 20.0 Å². The average Bonchev–Trinajstić information content (AvgIpc) is 2.86. The molecule has 0 spiro atoms. The number of benzene rings is 2. The number of para-hydroxylation sites is 2. The van der Waals surface area contributed by atoms with Crippen molar-refractivity contribution in [2.75, 3.05) is 11.9 Å². The molecule has 21 heavy (non-hydrogen) atoms. The largest absolute Gasteiger partial charge is 0.486 e. The Bertz CT molecular complexity index is 879. The minimum absolute atomic E-state index is 0.114. The van der Waals surface area contributed by atoms with Gasteiger partial charge in [-0.05, 0) is 19.1 Å². The van der Waals surface area contributed by atoms with E-state index in [1.165, 1.54) is 0 Å². The minimum atomic E-state index is -0.199. The normalized spacial score (nSPS) is 17.1. The summed E-state index contributed by atoms with van der Waals surface area (Å²) in [6, 6.07) is 11.8. The number of H-pyrrole nitrogens is 2. The van der Waals surface area contributed by atoms with Crippen molar-refractivity contribution in [2.24, 2.45) is 0 Å². The maximum atomic E-state index is 11.6. The zero-order valence-corrected chi connectivity index (χ0v) is 11.6. The summed E-state index contributed by atoms with van der Waals surface area (Å²) in [7, 11) is 0. The molecule has 0 amide bonds. The molecule has 1 aliphatic heterocycles. The van der Waals surface area contributed by atoms with Gasteiger partial charge in [-0.3, -0.25) is 0 Å². The van der Waals surface area contributed by atoms with Crippen molar-refractivity contribution in [1.82, 2.24) is 9.97 Å². The van der Waals surface area contributed by atoms with Crippen LogP contribution >= 0.6 is 0 Å². The van der Waals surface area contributed by atoms with Crippen LogP contribution in [0.5, 0.6) is 5.75 Å². The maximum absolute atomic E-state index is 11.6. The van der Waals surface area contributed by atoms with Gasteiger partial charge in [0.1, 0.15) is 6.10 Å². The lowest BCUT2D eigenvalue weighted by Gasteiger charge is -2.27. The highest BCUT2D eigenvalue weighted by Crippen LogP contribution is 2.40. The number of hydrogen-bond donors (Lipinski definition) is 3. The summed E-state index contributed by atoms with van der Waals surface area (Å²) in [5, 5.41) is 3.37. The van der Waals surface area contributed by atoms with Crippen LogP contribution in [-0.2, 0) is 0 Å². The molecule has 0 bridgehead atoms. The molecule has 0 radical (unpaired) electrons. The van der Waals surface area contributed by atoms with Crippen LogP contribution in [0.1, 0.15) is 6.92 Å². The SMILES string of the molecule is CC1CNc2cccc(-c3cccc4[nH]c(=O)[nH]c34)c2O1. The summed E-state index contributed by atoms with van der Waals surface area (Å²) in [5.41, 5.74) is 4.32. The van der Waals surface area contributed by atoms with Crippen LogP contribution in [0.2, 0.25) is 0 Å². The predicted octanol–water partition coefficient (Wildman–Crippen LogP) is 2.72. The second-order valence-electron chi connectivity index (χ2n) is 5.30. The molecule has 1 aliphatic rings. The third kappa shape index (κ3) is 1.89. The Morgan fingerprint density at radius 2 is 1.90 bits per heavy atom. The Balaban J connectivity index is 1.99. The van der Waals surface area contributed by atoms with Crippen LogP contribution in [0, 0.1) is 0 Å². The van der Waals surface area contributed by atoms with E-state index in [1.807, 2.05) is 43.3 Å². The minimum Gasteiger partial charge on any atom is -0.486 e. The van der Waals surface area contributed by atoms with E-state index >= 15 is 0 Å². The van der Waals surface area contributed by atoms with Gasteiger partial charge in [-0.25, -0.2) is 4.79 Å². The fourth-order valence-corrected chi connectivity index (χ4v) is 2.79. The van der Waals surface area contributed by atoms with Gasteiger partial charge in [-0.1, -0.05) is 24.3 Å². The zero-order chi connectivity index (χ0) is 14.4. The first-order chi connectivity index (χ1) is 10.2. The molecule has 3 aromatic rings. The molecule has 3 N–H and O–H groups in total. The van der Waals surface area contributed by atoms with E-state index in [-0.39, 0.29) is 11.8 Å². The Hall–Kier alpha value is -2.69. The number of rotatable bonds is 1. The van der Waals surface area contributed by atoms with Crippen molar-refractivity contribution in [3.05, 3.63) is 46.9 Å². The Kier molecular flexibility index (Phi) is 2.54. The smallest absolute Gasteiger partial charge is 0.323 e. The molecule has 0 fully saturated rings. The number of ether oxygens (including phenoxy) is 1. The van der Waals surface area contributed by atoms with Gasteiger partial charge in [0.25, 0.3) is 0 Å². The lowest BCUT2D eigenvalue weighted by Crippen LogP contribution is -2.27. The molecule has 5 nitrogen and oxygen atoms in total. The second-order valence-corrected chi connectivity index (χ2v) is 5.30. The number of nitrogens with one attached hydrogen (secondary N) is 3. The van der Waals surface area contributed by atoms with Gasteiger partial charge in [0, 0.05) is 11.1 Å². The van der Waals surface area contributed by atoms with Crippen molar-refractivity contribution in [1.29, 1.82) is 0 Å². The molecule has 4 rings (SSSR count). The van der Waals surface area contributed by atoms with E-state index in [2.05, 4.69) is 15.3 Å². The van der Waals surface area contributed by atoms with Crippen LogP contribution in [0.15, 0.2) is 41.2 Å². The van der Waals surface area contributed by atoms with Crippen molar-refractivity contribution >= 4 is 16.7 Å². The summed E-state index contributed by atoms with van der Waals surface area (Å²) in [6.07, 6.45) is 0.114. The number of hydrogen-bond acceptors (Lipinski definition) is 3. The highest BCUT2D eigenvalue weighted by atomic mass is 16.5. The highest BCUT2D eigenvalue weighted by molar-refractivity contribution is 5.95. The zero-order valence-electron chi connectivity index (χ0n) is 11.6. The number of aromatic nitrogens is 2. The van der Waals surface area contributed by atoms with Crippen molar-refractivity contribution in [3.63, 3.8) is 0 Å². The Labute approximate surface area is 121 Å². The van der Waals surface area contributed by atoms with Crippen molar-refractivity contribution in [3.8, 4) is 16.9 Å². The van der Waals surface area contributed by atoms with Gasteiger partial charge in [0.05, 0.1) is 23.3 Å². The third-order valence-electron chi connectivity index (χ3n) is 3.76. The number of imidazole rings is 1. The van der Waals surface area contributed by atoms with Crippen LogP contribution < -0.4 is 15.7 Å². The monoisotopic (exact) mass is 281 g/mol. The molecule has 0 saturated carbocycles. The first-order valence-corrected chi connectivity index (χ1v) is 6.97. The molecule has 5 heteroatoms. The molecule has 1 unspecified atom stereocenters. The lowest BCUT2D eigenvalue weighted by molar-refractivity contribution is 0.227. The van der Waals surface area contributed by atoms with Crippen LogP contribution in [0.4, 0.5) is 5.69 Å². The highest BCUT2D eigenvalue weighted by Gasteiger charge is 2.20. The summed E-state index contributed by atoms with van der Waals surface area (Å²) in [4.78, 5) is 17.2. The maximum Gasteiger partial charge on any atom is 0.323 e. The number of anilines is 1. The molecule has 0 aliphatic carbocycles. The van der Waals surface area contributed by atoms with Crippen LogP contribution in [0.25, 0.3) is 22.2 Å². The molecule has 1 aromatic heterocycles. The second kappa shape index (κ2) is 4.41. The van der Waals surface area contributed by atoms with Crippen LogP contribution in [-0.4, -0.2) is 22.6 Å². The molecule has 0 saturated heterocycles. The van der Waals surface area contributed by atoms with Crippen molar-refractivity contribution in [2.45, 2.75) is 13.0 Å². The Morgan fingerprint density at radius 1 is 1.10 bits per heavy atom. The summed E-state index contributed by atoms with van der Waals surface area (Å²) < 4.78 is 6.01. The predicted molar refractivity (Wildman–Crippen MR) is 82.9 cm³/mol. The Morgan fingerprint density at radius 3 is 2.81 bits per heavy atom. The van der Waals surface area contributed by atoms with Gasteiger partial charge >= 0.3 is 5.69 Å². The molecule has 2 heterocycles. The van der Waals surface area contributed by atoms with E-state index in [0.29, 0.717) is 0 Å². The summed E-state index contributed by atoms with van der Waals surface area (Å²) in [6.45, 7) is 2.83. The van der Waals surface area contributed by atoms with Crippen LogP contribution in [0.3, 0.4) is 0 Å². The topological polar surface area (TPSA) is 69.9 Å². The summed E-state index contributed by atoms with van der Waals surface area (Å²) in [5.74, 6) is 0.839. The van der Waals surface area contributed by atoms with Gasteiger partial charge in [0.15, 0.2) is 5.75 Å². The number of fused-ring (bicyclic) bond motifs is 2. The van der Waals surface area contributed by atoms with E-state index in [0.717, 1.165) is 40.1 Å². The average molecular weight is 281 g/mol. The fourth-order valence-electron chi connectivity index (χ4n) is 2.79. The lowest BCUT2D eigenvalue weighted by atomic mass is 10.0. The third-order valence-corrected chi connectivity index (χ3v) is 3.76. The van der Waals surface area contributed by atoms with Gasteiger partial charge in [-0.15, -0.1) is 0 Å². The summed E-state index contributed by atoms with van der Waals surface area (Å²) >= 11 is 0. The first-order valence-electron chi connectivity index (χ1n) is 6.97.